The molecule has 0 radical (unpaired) electrons. The molecule has 0 bridgehead atoms. The molecule has 0 amide bonds. The van der Waals surface area contributed by atoms with Crippen molar-refractivity contribution < 1.29 is 8.42 Å². The molecule has 1 aromatic carbocycles. The number of rotatable bonds is 7. The number of anilines is 1. The molecule has 0 fully saturated rings. The third-order valence-electron chi connectivity index (χ3n) is 2.33. The molecule has 0 aliphatic carbocycles. The Kier molecular flexibility index (Phi) is 5.85. The Labute approximate surface area is 108 Å². The quantitative estimate of drug-likeness (QED) is 0.609. The number of aryl methyl sites for hydroxylation is 1. The fraction of sp³-hybridized carbons (Fsp3) is 0.500. The van der Waals surface area contributed by atoms with E-state index in [1.54, 1.807) is 11.8 Å². The van der Waals surface area contributed by atoms with Gasteiger partial charge in [0, 0.05) is 17.7 Å². The molecule has 3 nitrogen and oxygen atoms in total. The summed E-state index contributed by atoms with van der Waals surface area (Å²) in [5.41, 5.74) is 7.67. The first-order valence-corrected chi connectivity index (χ1v) is 8.79. The SMILES string of the molecule is CS(=O)(=O)CCSCCCc1ccc(N)cc1. The number of thioether (sulfide) groups is 1. The maximum absolute atomic E-state index is 10.9. The van der Waals surface area contributed by atoms with Crippen molar-refractivity contribution in [3.05, 3.63) is 29.8 Å². The molecule has 0 saturated heterocycles. The average molecular weight is 273 g/mol. The van der Waals surface area contributed by atoms with Gasteiger partial charge >= 0.3 is 0 Å². The lowest BCUT2D eigenvalue weighted by Crippen LogP contribution is -2.05. The molecule has 5 heteroatoms. The minimum Gasteiger partial charge on any atom is -0.399 e. The van der Waals surface area contributed by atoms with Crippen LogP contribution in [0.25, 0.3) is 0 Å². The van der Waals surface area contributed by atoms with E-state index in [0.29, 0.717) is 5.75 Å². The van der Waals surface area contributed by atoms with Crippen LogP contribution in [0.5, 0.6) is 0 Å². The fourth-order valence-corrected chi connectivity index (χ4v) is 3.61. The van der Waals surface area contributed by atoms with Crippen molar-refractivity contribution in [1.29, 1.82) is 0 Å². The number of benzene rings is 1. The zero-order valence-electron chi connectivity index (χ0n) is 10.1. The number of nitrogen functional groups attached to an aromatic ring is 1. The second kappa shape index (κ2) is 6.91. The van der Waals surface area contributed by atoms with Crippen molar-refractivity contribution in [2.75, 3.05) is 29.2 Å². The van der Waals surface area contributed by atoms with Gasteiger partial charge in [-0.3, -0.25) is 0 Å². The summed E-state index contributed by atoms with van der Waals surface area (Å²) in [7, 11) is -2.80. The van der Waals surface area contributed by atoms with Gasteiger partial charge in [-0.1, -0.05) is 12.1 Å². The Balaban J connectivity index is 2.10. The molecule has 0 aliphatic rings. The van der Waals surface area contributed by atoms with Crippen LogP contribution >= 0.6 is 11.8 Å². The normalized spacial score (nSPS) is 11.6. The van der Waals surface area contributed by atoms with Gasteiger partial charge in [-0.25, -0.2) is 8.42 Å². The summed E-state index contributed by atoms with van der Waals surface area (Å²) in [5, 5.41) is 0. The average Bonchev–Trinajstić information content (AvgIpc) is 2.24. The van der Waals surface area contributed by atoms with Gasteiger partial charge in [0.2, 0.25) is 0 Å². The molecule has 0 spiro atoms. The van der Waals surface area contributed by atoms with Gasteiger partial charge in [0.15, 0.2) is 0 Å². The van der Waals surface area contributed by atoms with E-state index in [0.717, 1.165) is 24.3 Å². The van der Waals surface area contributed by atoms with Gasteiger partial charge in [-0.2, -0.15) is 11.8 Å². The Hall–Kier alpha value is -0.680. The van der Waals surface area contributed by atoms with Crippen LogP contribution in [0.15, 0.2) is 24.3 Å². The van der Waals surface area contributed by atoms with Crippen LogP contribution in [0.2, 0.25) is 0 Å². The summed E-state index contributed by atoms with van der Waals surface area (Å²) in [6, 6.07) is 7.89. The molecular formula is C12H19NO2S2. The van der Waals surface area contributed by atoms with E-state index in [-0.39, 0.29) is 5.75 Å². The van der Waals surface area contributed by atoms with Crippen molar-refractivity contribution in [3.63, 3.8) is 0 Å². The van der Waals surface area contributed by atoms with Gasteiger partial charge in [-0.05, 0) is 36.3 Å². The van der Waals surface area contributed by atoms with Crippen LogP contribution in [0, 0.1) is 0 Å². The highest BCUT2D eigenvalue weighted by molar-refractivity contribution is 8.00. The van der Waals surface area contributed by atoms with Crippen molar-refractivity contribution in [1.82, 2.24) is 0 Å². The smallest absolute Gasteiger partial charge is 0.148 e. The van der Waals surface area contributed by atoms with E-state index >= 15 is 0 Å². The Morgan fingerprint density at radius 1 is 1.18 bits per heavy atom. The fourth-order valence-electron chi connectivity index (χ4n) is 1.38. The molecular weight excluding hydrogens is 254 g/mol. The molecule has 0 aromatic heterocycles. The zero-order valence-corrected chi connectivity index (χ0v) is 11.7. The van der Waals surface area contributed by atoms with Gasteiger partial charge in [0.1, 0.15) is 9.84 Å². The lowest BCUT2D eigenvalue weighted by molar-refractivity contribution is 0.603. The highest BCUT2D eigenvalue weighted by Gasteiger charge is 2.01. The summed E-state index contributed by atoms with van der Waals surface area (Å²) in [6.45, 7) is 0. The van der Waals surface area contributed by atoms with E-state index in [1.807, 2.05) is 24.3 Å². The first-order chi connectivity index (χ1) is 7.97. The molecule has 0 heterocycles. The second-order valence-corrected chi connectivity index (χ2v) is 7.57. The van der Waals surface area contributed by atoms with E-state index in [1.165, 1.54) is 11.8 Å². The summed E-state index contributed by atoms with van der Waals surface area (Å²) in [6.07, 6.45) is 3.37. The molecule has 0 atom stereocenters. The molecule has 17 heavy (non-hydrogen) atoms. The van der Waals surface area contributed by atoms with Crippen LogP contribution < -0.4 is 5.73 Å². The minimum absolute atomic E-state index is 0.277. The number of nitrogens with two attached hydrogens (primary N) is 1. The topological polar surface area (TPSA) is 60.2 Å². The number of hydrogen-bond acceptors (Lipinski definition) is 4. The summed E-state index contributed by atoms with van der Waals surface area (Å²) in [4.78, 5) is 0. The molecule has 96 valence electrons. The minimum atomic E-state index is -2.80. The maximum atomic E-state index is 10.9. The van der Waals surface area contributed by atoms with Crippen molar-refractivity contribution in [2.24, 2.45) is 0 Å². The maximum Gasteiger partial charge on any atom is 0.148 e. The van der Waals surface area contributed by atoms with E-state index in [9.17, 15) is 8.42 Å². The molecule has 0 saturated carbocycles. The van der Waals surface area contributed by atoms with Crippen LogP contribution in [-0.2, 0) is 16.3 Å². The van der Waals surface area contributed by atoms with Gasteiger partial charge in [0.25, 0.3) is 0 Å². The molecule has 0 unspecified atom stereocenters. The largest absolute Gasteiger partial charge is 0.399 e. The van der Waals surface area contributed by atoms with E-state index in [4.69, 9.17) is 5.73 Å². The van der Waals surface area contributed by atoms with E-state index in [2.05, 4.69) is 0 Å². The lowest BCUT2D eigenvalue weighted by atomic mass is 10.1. The monoisotopic (exact) mass is 273 g/mol. The standard InChI is InChI=1S/C12H19NO2S2/c1-17(14,15)10-9-16-8-2-3-11-4-6-12(13)7-5-11/h4-7H,2-3,8-10,13H2,1H3. The van der Waals surface area contributed by atoms with Gasteiger partial charge in [0.05, 0.1) is 5.75 Å². The lowest BCUT2D eigenvalue weighted by Gasteiger charge is -2.02. The predicted molar refractivity (Wildman–Crippen MR) is 76.2 cm³/mol. The van der Waals surface area contributed by atoms with E-state index < -0.39 is 9.84 Å². The van der Waals surface area contributed by atoms with Crippen LogP contribution in [0.4, 0.5) is 5.69 Å². The third kappa shape index (κ3) is 7.28. The van der Waals surface area contributed by atoms with Gasteiger partial charge in [-0.15, -0.1) is 0 Å². The first kappa shape index (κ1) is 14.4. The van der Waals surface area contributed by atoms with Crippen molar-refractivity contribution >= 4 is 27.3 Å². The van der Waals surface area contributed by atoms with Crippen molar-refractivity contribution in [2.45, 2.75) is 12.8 Å². The summed E-state index contributed by atoms with van der Waals surface area (Å²) >= 11 is 1.70. The molecule has 2 N–H and O–H groups in total. The van der Waals surface area contributed by atoms with Gasteiger partial charge < -0.3 is 5.73 Å². The Bertz CT molecular complexity index is 426. The third-order valence-corrected chi connectivity index (χ3v) is 4.61. The van der Waals surface area contributed by atoms with Crippen LogP contribution in [0.3, 0.4) is 0 Å². The zero-order chi connectivity index (χ0) is 12.7. The second-order valence-electron chi connectivity index (χ2n) is 4.09. The summed E-state index contributed by atoms with van der Waals surface area (Å²) in [5.74, 6) is 1.97. The highest BCUT2D eigenvalue weighted by Crippen LogP contribution is 2.10. The Morgan fingerprint density at radius 2 is 1.82 bits per heavy atom. The molecule has 1 aromatic rings. The summed E-state index contributed by atoms with van der Waals surface area (Å²) < 4.78 is 21.8. The van der Waals surface area contributed by atoms with Crippen molar-refractivity contribution in [3.8, 4) is 0 Å². The predicted octanol–water partition coefficient (Wildman–Crippen LogP) is 1.98. The number of sulfone groups is 1. The molecule has 0 aliphatic heterocycles. The van der Waals surface area contributed by atoms with Crippen LogP contribution in [0.1, 0.15) is 12.0 Å². The highest BCUT2D eigenvalue weighted by atomic mass is 32.2. The number of hydrogen-bond donors (Lipinski definition) is 1. The Morgan fingerprint density at radius 3 is 2.41 bits per heavy atom. The molecule has 1 rings (SSSR count). The first-order valence-electron chi connectivity index (χ1n) is 5.57. The van der Waals surface area contributed by atoms with Crippen LogP contribution in [-0.4, -0.2) is 31.9 Å².